The topological polar surface area (TPSA) is 64.1 Å². The van der Waals surface area contributed by atoms with Gasteiger partial charge < -0.3 is 0 Å². The van der Waals surface area contributed by atoms with Crippen LogP contribution in [0.4, 0.5) is 0 Å². The Hall–Kier alpha value is -1.84. The highest BCUT2D eigenvalue weighted by molar-refractivity contribution is 6.06. The Balaban J connectivity index is 2.24. The minimum Gasteiger partial charge on any atom is -0.300 e. The average molecular weight is 261 g/mol. The fourth-order valence-corrected chi connectivity index (χ4v) is 1.71. The van der Waals surface area contributed by atoms with Gasteiger partial charge in [0.1, 0.15) is 17.3 Å². The molecule has 0 N–H and O–H groups in total. The van der Waals surface area contributed by atoms with Crippen molar-refractivity contribution < 1.29 is 14.4 Å². The van der Waals surface area contributed by atoms with E-state index in [1.807, 2.05) is 6.92 Å². The lowest BCUT2D eigenvalue weighted by Gasteiger charge is -2.01. The molecule has 0 amide bonds. The van der Waals surface area contributed by atoms with E-state index >= 15 is 0 Å². The Kier molecular flexibility index (Phi) is 6.64. The van der Waals surface area contributed by atoms with Crippen LogP contribution in [-0.2, 0) is 9.59 Å². The zero-order valence-corrected chi connectivity index (χ0v) is 11.2. The largest absolute Gasteiger partial charge is 0.300 e. The van der Waals surface area contributed by atoms with Crippen molar-refractivity contribution in [2.24, 2.45) is 0 Å². The molecule has 0 aliphatic heterocycles. The van der Waals surface area contributed by atoms with Crippen LogP contribution in [0.5, 0.6) is 0 Å². The fraction of sp³-hybridized carbons (Fsp3) is 0.467. The van der Waals surface area contributed by atoms with Crippen LogP contribution in [0.25, 0.3) is 0 Å². The van der Waals surface area contributed by atoms with Gasteiger partial charge in [-0.15, -0.1) is 0 Å². The van der Waals surface area contributed by atoms with Gasteiger partial charge in [-0.3, -0.25) is 19.4 Å². The highest BCUT2D eigenvalue weighted by Gasteiger charge is 2.12. The minimum absolute atomic E-state index is 0.0837. The van der Waals surface area contributed by atoms with Gasteiger partial charge in [0.15, 0.2) is 5.78 Å². The molecule has 0 saturated carbocycles. The summed E-state index contributed by atoms with van der Waals surface area (Å²) in [5, 5.41) is 0. The van der Waals surface area contributed by atoms with Crippen LogP contribution in [0.15, 0.2) is 24.4 Å². The summed E-state index contributed by atoms with van der Waals surface area (Å²) in [7, 11) is 0. The van der Waals surface area contributed by atoms with E-state index in [-0.39, 0.29) is 23.8 Å². The summed E-state index contributed by atoms with van der Waals surface area (Å²) >= 11 is 0. The second kappa shape index (κ2) is 8.29. The maximum atomic E-state index is 11.7. The molecule has 0 radical (unpaired) electrons. The van der Waals surface area contributed by atoms with Crippen LogP contribution < -0.4 is 0 Å². The Labute approximate surface area is 113 Å². The Morgan fingerprint density at radius 3 is 2.32 bits per heavy atom. The number of carbonyl (C=O) groups excluding carboxylic acids is 3. The van der Waals surface area contributed by atoms with E-state index in [1.165, 1.54) is 6.20 Å². The molecule has 102 valence electrons. The molecule has 0 aliphatic rings. The van der Waals surface area contributed by atoms with Gasteiger partial charge in [0.25, 0.3) is 0 Å². The lowest BCUT2D eigenvalue weighted by atomic mass is 10.0. The number of aromatic nitrogens is 1. The lowest BCUT2D eigenvalue weighted by Crippen LogP contribution is -2.09. The highest BCUT2D eigenvalue weighted by Crippen LogP contribution is 2.07. The van der Waals surface area contributed by atoms with Gasteiger partial charge in [-0.2, -0.15) is 0 Å². The molecular formula is C15H19NO3. The van der Waals surface area contributed by atoms with Crippen LogP contribution in [0.3, 0.4) is 0 Å². The normalized spacial score (nSPS) is 10.2. The van der Waals surface area contributed by atoms with Crippen molar-refractivity contribution in [1.29, 1.82) is 0 Å². The fourth-order valence-electron chi connectivity index (χ4n) is 1.71. The maximum absolute atomic E-state index is 11.7. The number of Topliss-reactive ketones (excluding diaryl/α,β-unsaturated/α-hetero) is 3. The maximum Gasteiger partial charge on any atom is 0.188 e. The number of pyridine rings is 1. The number of rotatable bonds is 9. The van der Waals surface area contributed by atoms with Crippen molar-refractivity contribution in [2.75, 3.05) is 0 Å². The van der Waals surface area contributed by atoms with Crippen LogP contribution >= 0.6 is 0 Å². The second-order valence-electron chi connectivity index (χ2n) is 4.45. The highest BCUT2D eigenvalue weighted by atomic mass is 16.1. The van der Waals surface area contributed by atoms with Gasteiger partial charge in [-0.25, -0.2) is 0 Å². The molecular weight excluding hydrogens is 242 g/mol. The quantitative estimate of drug-likeness (QED) is 0.389. The van der Waals surface area contributed by atoms with Crippen LogP contribution in [0, 0.1) is 0 Å². The molecule has 0 fully saturated rings. The van der Waals surface area contributed by atoms with Crippen molar-refractivity contribution in [3.63, 3.8) is 0 Å². The number of hydrogen-bond donors (Lipinski definition) is 0. The van der Waals surface area contributed by atoms with Gasteiger partial charge in [-0.05, 0) is 25.0 Å². The van der Waals surface area contributed by atoms with Crippen molar-refractivity contribution >= 4 is 17.3 Å². The molecule has 0 saturated heterocycles. The zero-order valence-electron chi connectivity index (χ0n) is 11.2. The van der Waals surface area contributed by atoms with E-state index in [0.29, 0.717) is 31.4 Å². The minimum atomic E-state index is -0.241. The summed E-state index contributed by atoms with van der Waals surface area (Å²) in [5.74, 6) is -0.105. The van der Waals surface area contributed by atoms with Gasteiger partial charge in [0.2, 0.25) is 0 Å². The summed E-state index contributed by atoms with van der Waals surface area (Å²) in [6.45, 7) is 1.83. The summed E-state index contributed by atoms with van der Waals surface area (Å²) in [6, 6.07) is 5.06. The van der Waals surface area contributed by atoms with E-state index in [9.17, 15) is 14.4 Å². The van der Waals surface area contributed by atoms with Crippen LogP contribution in [-0.4, -0.2) is 22.3 Å². The number of carbonyl (C=O) groups is 3. The van der Waals surface area contributed by atoms with Crippen molar-refractivity contribution in [3.8, 4) is 0 Å². The first-order valence-corrected chi connectivity index (χ1v) is 6.61. The molecule has 0 bridgehead atoms. The summed E-state index contributed by atoms with van der Waals surface area (Å²) < 4.78 is 0. The van der Waals surface area contributed by atoms with Gasteiger partial charge >= 0.3 is 0 Å². The lowest BCUT2D eigenvalue weighted by molar-refractivity contribution is -0.120. The third-order valence-corrected chi connectivity index (χ3v) is 2.86. The van der Waals surface area contributed by atoms with Crippen molar-refractivity contribution in [3.05, 3.63) is 30.1 Å². The van der Waals surface area contributed by atoms with Gasteiger partial charge in [0.05, 0.1) is 6.42 Å². The molecule has 19 heavy (non-hydrogen) atoms. The smallest absolute Gasteiger partial charge is 0.188 e. The molecule has 1 rings (SSSR count). The molecule has 0 aliphatic carbocycles. The van der Waals surface area contributed by atoms with Gasteiger partial charge in [-0.1, -0.05) is 13.0 Å². The number of nitrogens with zero attached hydrogens (tertiary/aromatic N) is 1. The predicted molar refractivity (Wildman–Crippen MR) is 72.0 cm³/mol. The molecule has 4 heteroatoms. The Bertz CT molecular complexity index is 440. The third kappa shape index (κ3) is 6.04. The van der Waals surface area contributed by atoms with E-state index < -0.39 is 0 Å². The SMILES string of the molecule is CCC(=O)CCCCC(=O)CC(=O)c1ccccn1. The van der Waals surface area contributed by atoms with Crippen molar-refractivity contribution in [2.45, 2.75) is 45.4 Å². The first kappa shape index (κ1) is 15.2. The molecule has 1 heterocycles. The van der Waals surface area contributed by atoms with E-state index in [2.05, 4.69) is 4.98 Å². The zero-order chi connectivity index (χ0) is 14.1. The number of hydrogen-bond acceptors (Lipinski definition) is 4. The third-order valence-electron chi connectivity index (χ3n) is 2.86. The van der Waals surface area contributed by atoms with E-state index in [0.717, 1.165) is 6.42 Å². The average Bonchev–Trinajstić information content (AvgIpc) is 2.44. The van der Waals surface area contributed by atoms with Crippen LogP contribution in [0.1, 0.15) is 55.9 Å². The number of unbranched alkanes of at least 4 members (excludes halogenated alkanes) is 1. The van der Waals surface area contributed by atoms with Crippen LogP contribution in [0.2, 0.25) is 0 Å². The van der Waals surface area contributed by atoms with E-state index in [4.69, 9.17) is 0 Å². The summed E-state index contributed by atoms with van der Waals surface area (Å²) in [4.78, 5) is 38.3. The van der Waals surface area contributed by atoms with E-state index in [1.54, 1.807) is 18.2 Å². The monoisotopic (exact) mass is 261 g/mol. The molecule has 0 atom stereocenters. The van der Waals surface area contributed by atoms with Crippen molar-refractivity contribution in [1.82, 2.24) is 4.98 Å². The first-order valence-electron chi connectivity index (χ1n) is 6.61. The second-order valence-corrected chi connectivity index (χ2v) is 4.45. The summed E-state index contributed by atoms with van der Waals surface area (Å²) in [5.41, 5.74) is 0.331. The molecule has 1 aromatic rings. The number of ketones is 3. The van der Waals surface area contributed by atoms with Gasteiger partial charge in [0, 0.05) is 25.5 Å². The summed E-state index contributed by atoms with van der Waals surface area (Å²) in [6.07, 6.45) is 4.25. The predicted octanol–water partition coefficient (Wildman–Crippen LogP) is 2.76. The Morgan fingerprint density at radius 2 is 1.74 bits per heavy atom. The Morgan fingerprint density at radius 1 is 1.05 bits per heavy atom. The standard InChI is InChI=1S/C15H19NO3/c1-2-12(17)7-3-4-8-13(18)11-15(19)14-9-5-6-10-16-14/h5-6,9-10H,2-4,7-8,11H2,1H3. The molecule has 0 unspecified atom stereocenters. The molecule has 0 aromatic carbocycles. The molecule has 1 aromatic heterocycles. The molecule has 4 nitrogen and oxygen atoms in total. The first-order chi connectivity index (χ1) is 9.13. The molecule has 0 spiro atoms.